The van der Waals surface area contributed by atoms with Crippen LogP contribution in [0.2, 0.25) is 0 Å². The summed E-state index contributed by atoms with van der Waals surface area (Å²) in [6.07, 6.45) is 0. The van der Waals surface area contributed by atoms with E-state index in [9.17, 15) is 4.79 Å². The molecule has 0 saturated heterocycles. The van der Waals surface area contributed by atoms with E-state index in [1.807, 2.05) is 64.1 Å². The molecular formula is C20H22O. The minimum atomic E-state index is -0.376. The van der Waals surface area contributed by atoms with Crippen molar-refractivity contribution in [3.8, 4) is 0 Å². The van der Waals surface area contributed by atoms with Gasteiger partial charge in [-0.1, -0.05) is 81.4 Å². The number of allylic oxidation sites excluding steroid dienone is 1. The molecule has 0 heterocycles. The third-order valence-electron chi connectivity index (χ3n) is 3.52. The van der Waals surface area contributed by atoms with E-state index in [0.29, 0.717) is 0 Å². The molecule has 2 aromatic rings. The summed E-state index contributed by atoms with van der Waals surface area (Å²) in [7, 11) is 0. The first-order valence-electron chi connectivity index (χ1n) is 7.28. The van der Waals surface area contributed by atoms with Crippen molar-refractivity contribution < 1.29 is 4.79 Å². The molecule has 0 bridgehead atoms. The van der Waals surface area contributed by atoms with Crippen molar-refractivity contribution in [2.75, 3.05) is 0 Å². The van der Waals surface area contributed by atoms with Crippen molar-refractivity contribution in [3.63, 3.8) is 0 Å². The van der Waals surface area contributed by atoms with Gasteiger partial charge in [-0.15, -0.1) is 0 Å². The summed E-state index contributed by atoms with van der Waals surface area (Å²) in [4.78, 5) is 12.7. The lowest BCUT2D eigenvalue weighted by molar-refractivity contribution is -0.122. The number of benzene rings is 2. The third kappa shape index (κ3) is 3.49. The molecule has 21 heavy (non-hydrogen) atoms. The van der Waals surface area contributed by atoms with Crippen LogP contribution in [0.4, 0.5) is 0 Å². The predicted molar refractivity (Wildman–Crippen MR) is 89.0 cm³/mol. The Labute approximate surface area is 127 Å². The van der Waals surface area contributed by atoms with E-state index in [4.69, 9.17) is 0 Å². The van der Waals surface area contributed by atoms with Crippen molar-refractivity contribution in [2.45, 2.75) is 27.7 Å². The molecule has 0 unspecified atom stereocenters. The van der Waals surface area contributed by atoms with Gasteiger partial charge in [0, 0.05) is 11.0 Å². The summed E-state index contributed by atoms with van der Waals surface area (Å²) < 4.78 is 0. The van der Waals surface area contributed by atoms with Gasteiger partial charge in [0.2, 0.25) is 0 Å². The minimum absolute atomic E-state index is 0.185. The van der Waals surface area contributed by atoms with E-state index in [1.54, 1.807) is 0 Å². The fourth-order valence-corrected chi connectivity index (χ4v) is 2.49. The van der Waals surface area contributed by atoms with Crippen molar-refractivity contribution >= 4 is 11.4 Å². The molecule has 108 valence electrons. The van der Waals surface area contributed by atoms with E-state index >= 15 is 0 Å². The Morgan fingerprint density at radius 1 is 0.762 bits per heavy atom. The SMILES string of the molecule is CC(C(=O)C(C)(C)C)=C(c1ccccc1)c1ccccc1. The fourth-order valence-electron chi connectivity index (χ4n) is 2.49. The van der Waals surface area contributed by atoms with E-state index < -0.39 is 0 Å². The molecule has 2 rings (SSSR count). The molecule has 0 amide bonds. The van der Waals surface area contributed by atoms with Crippen LogP contribution in [-0.2, 0) is 4.79 Å². The molecule has 0 saturated carbocycles. The van der Waals surface area contributed by atoms with Gasteiger partial charge in [-0.25, -0.2) is 0 Å². The maximum absolute atomic E-state index is 12.7. The highest BCUT2D eigenvalue weighted by Gasteiger charge is 2.25. The van der Waals surface area contributed by atoms with E-state index in [0.717, 1.165) is 22.3 Å². The lowest BCUT2D eigenvalue weighted by Crippen LogP contribution is -2.22. The van der Waals surface area contributed by atoms with Gasteiger partial charge in [-0.2, -0.15) is 0 Å². The van der Waals surface area contributed by atoms with Gasteiger partial charge in [-0.05, 0) is 23.6 Å². The smallest absolute Gasteiger partial charge is 0.164 e. The van der Waals surface area contributed by atoms with Gasteiger partial charge in [0.1, 0.15) is 0 Å². The number of rotatable bonds is 3. The first-order valence-corrected chi connectivity index (χ1v) is 7.28. The first-order chi connectivity index (χ1) is 9.91. The van der Waals surface area contributed by atoms with Crippen LogP contribution in [0.5, 0.6) is 0 Å². The average molecular weight is 278 g/mol. The minimum Gasteiger partial charge on any atom is -0.294 e. The molecule has 0 aliphatic heterocycles. The van der Waals surface area contributed by atoms with Crippen LogP contribution >= 0.6 is 0 Å². The Hall–Kier alpha value is -2.15. The molecule has 0 fully saturated rings. The summed E-state index contributed by atoms with van der Waals surface area (Å²) >= 11 is 0. The summed E-state index contributed by atoms with van der Waals surface area (Å²) in [6.45, 7) is 7.83. The molecule has 0 atom stereocenters. The predicted octanol–water partition coefficient (Wildman–Crippen LogP) is 5.12. The molecule has 0 spiro atoms. The molecule has 1 heteroatoms. The van der Waals surface area contributed by atoms with Gasteiger partial charge in [0.05, 0.1) is 0 Å². The zero-order valence-corrected chi connectivity index (χ0v) is 13.2. The summed E-state index contributed by atoms with van der Waals surface area (Å²) in [5, 5.41) is 0. The van der Waals surface area contributed by atoms with Gasteiger partial charge in [0.15, 0.2) is 5.78 Å². The molecule has 0 aromatic heterocycles. The van der Waals surface area contributed by atoms with Gasteiger partial charge in [-0.3, -0.25) is 4.79 Å². The van der Waals surface area contributed by atoms with Crippen LogP contribution in [-0.4, -0.2) is 5.78 Å². The van der Waals surface area contributed by atoms with Gasteiger partial charge in [0.25, 0.3) is 0 Å². The van der Waals surface area contributed by atoms with Crippen molar-refractivity contribution in [1.29, 1.82) is 0 Å². The number of hydrogen-bond donors (Lipinski definition) is 0. The Morgan fingerprint density at radius 3 is 1.48 bits per heavy atom. The first kappa shape index (κ1) is 15.2. The topological polar surface area (TPSA) is 17.1 Å². The second-order valence-electron chi connectivity index (χ2n) is 6.31. The standard InChI is InChI=1S/C20H22O/c1-15(19(21)20(2,3)4)18(16-11-7-5-8-12-16)17-13-9-6-10-14-17/h5-14H,1-4H3. The number of carbonyl (C=O) groups is 1. The Balaban J connectivity index is 2.65. The molecular weight excluding hydrogens is 256 g/mol. The Bertz CT molecular complexity index is 602. The van der Waals surface area contributed by atoms with Gasteiger partial charge >= 0.3 is 0 Å². The maximum atomic E-state index is 12.7. The Kier molecular flexibility index (Phi) is 4.42. The van der Waals surface area contributed by atoms with Crippen molar-refractivity contribution in [3.05, 3.63) is 77.4 Å². The molecule has 0 radical (unpaired) electrons. The van der Waals surface area contributed by atoms with Crippen LogP contribution in [0.3, 0.4) is 0 Å². The molecule has 0 N–H and O–H groups in total. The third-order valence-corrected chi connectivity index (χ3v) is 3.52. The average Bonchev–Trinajstić information content (AvgIpc) is 2.48. The van der Waals surface area contributed by atoms with Crippen LogP contribution in [0, 0.1) is 5.41 Å². The second-order valence-corrected chi connectivity index (χ2v) is 6.31. The van der Waals surface area contributed by atoms with E-state index in [-0.39, 0.29) is 11.2 Å². The molecule has 1 nitrogen and oxygen atoms in total. The summed E-state index contributed by atoms with van der Waals surface area (Å²) in [6, 6.07) is 20.2. The molecule has 0 aliphatic carbocycles. The highest BCUT2D eigenvalue weighted by Crippen LogP contribution is 2.31. The molecule has 2 aromatic carbocycles. The van der Waals surface area contributed by atoms with Crippen LogP contribution in [0.15, 0.2) is 66.2 Å². The van der Waals surface area contributed by atoms with Crippen LogP contribution < -0.4 is 0 Å². The lowest BCUT2D eigenvalue weighted by atomic mass is 9.82. The summed E-state index contributed by atoms with van der Waals surface area (Å²) in [5.74, 6) is 0.185. The van der Waals surface area contributed by atoms with Crippen LogP contribution in [0.25, 0.3) is 5.57 Å². The van der Waals surface area contributed by atoms with E-state index in [2.05, 4.69) is 24.3 Å². The maximum Gasteiger partial charge on any atom is 0.164 e. The van der Waals surface area contributed by atoms with Crippen molar-refractivity contribution in [1.82, 2.24) is 0 Å². The Morgan fingerprint density at radius 2 is 1.14 bits per heavy atom. The highest BCUT2D eigenvalue weighted by molar-refractivity contribution is 6.07. The lowest BCUT2D eigenvalue weighted by Gasteiger charge is -2.20. The van der Waals surface area contributed by atoms with E-state index in [1.165, 1.54) is 0 Å². The zero-order chi connectivity index (χ0) is 15.5. The zero-order valence-electron chi connectivity index (χ0n) is 13.2. The highest BCUT2D eigenvalue weighted by atomic mass is 16.1. The number of carbonyl (C=O) groups excluding carboxylic acids is 1. The second kappa shape index (κ2) is 6.09. The monoisotopic (exact) mass is 278 g/mol. The summed E-state index contributed by atoms with van der Waals surface area (Å²) in [5.41, 5.74) is 3.63. The molecule has 0 aliphatic rings. The van der Waals surface area contributed by atoms with Gasteiger partial charge < -0.3 is 0 Å². The fraction of sp³-hybridized carbons (Fsp3) is 0.250. The number of ketones is 1. The quantitative estimate of drug-likeness (QED) is 0.712. The normalized spacial score (nSPS) is 11.0. The van der Waals surface area contributed by atoms with Crippen LogP contribution in [0.1, 0.15) is 38.8 Å². The number of Topliss-reactive ketones (excluding diaryl/α,β-unsaturated/α-hetero) is 1. The largest absolute Gasteiger partial charge is 0.294 e. The number of hydrogen-bond acceptors (Lipinski definition) is 1. The van der Waals surface area contributed by atoms with Crippen molar-refractivity contribution in [2.24, 2.45) is 5.41 Å².